The fraction of sp³-hybridized carbons (Fsp3) is 0.222. The fourth-order valence-electron chi connectivity index (χ4n) is 2.58. The van der Waals surface area contributed by atoms with Crippen molar-refractivity contribution in [2.75, 3.05) is 17.3 Å². The van der Waals surface area contributed by atoms with E-state index in [0.29, 0.717) is 18.5 Å². The zero-order valence-electron chi connectivity index (χ0n) is 13.1. The molecule has 0 unspecified atom stereocenters. The minimum Gasteiger partial charge on any atom is -0.325 e. The second kappa shape index (κ2) is 6.03. The van der Waals surface area contributed by atoms with Gasteiger partial charge in [0.05, 0.1) is 0 Å². The number of carbonyl (C=O) groups is 2. The minimum atomic E-state index is -1.14. The van der Waals surface area contributed by atoms with Crippen LogP contribution in [0.15, 0.2) is 48.5 Å². The van der Waals surface area contributed by atoms with E-state index >= 15 is 0 Å². The summed E-state index contributed by atoms with van der Waals surface area (Å²) < 4.78 is 26.2. The monoisotopic (exact) mass is 330 g/mol. The average molecular weight is 330 g/mol. The van der Waals surface area contributed by atoms with Gasteiger partial charge >= 0.3 is 0 Å². The summed E-state index contributed by atoms with van der Waals surface area (Å²) in [5.41, 5.74) is -0.329. The third-order valence-electron chi connectivity index (χ3n) is 4.22. The molecule has 1 aliphatic carbocycles. The lowest BCUT2D eigenvalue weighted by atomic mass is 10.0. The van der Waals surface area contributed by atoms with Gasteiger partial charge in [-0.25, -0.2) is 8.78 Å². The minimum absolute atomic E-state index is 0.125. The molecule has 1 saturated carbocycles. The van der Waals surface area contributed by atoms with Crippen LogP contribution >= 0.6 is 0 Å². The molecule has 0 heterocycles. The van der Waals surface area contributed by atoms with E-state index in [4.69, 9.17) is 0 Å². The van der Waals surface area contributed by atoms with Crippen LogP contribution in [0.25, 0.3) is 0 Å². The van der Waals surface area contributed by atoms with Crippen molar-refractivity contribution in [1.82, 2.24) is 0 Å². The highest BCUT2D eigenvalue weighted by atomic mass is 19.2. The van der Waals surface area contributed by atoms with E-state index in [-0.39, 0.29) is 11.6 Å². The molecule has 0 aromatic heterocycles. The Morgan fingerprint density at radius 3 is 2.29 bits per heavy atom. The summed E-state index contributed by atoms with van der Waals surface area (Å²) >= 11 is 0. The third-order valence-corrected chi connectivity index (χ3v) is 4.22. The highest BCUT2D eigenvalue weighted by molar-refractivity contribution is 6.17. The maximum absolute atomic E-state index is 13.2. The lowest BCUT2D eigenvalue weighted by molar-refractivity contribution is -0.132. The van der Waals surface area contributed by atoms with Crippen molar-refractivity contribution in [2.24, 2.45) is 5.41 Å². The predicted octanol–water partition coefficient (Wildman–Crippen LogP) is 3.35. The number of benzene rings is 2. The summed E-state index contributed by atoms with van der Waals surface area (Å²) in [6.07, 6.45) is 0.858. The first-order valence-corrected chi connectivity index (χ1v) is 7.54. The summed E-state index contributed by atoms with van der Waals surface area (Å²) in [6, 6.07) is 12.1. The van der Waals surface area contributed by atoms with Gasteiger partial charge in [-0.1, -0.05) is 18.2 Å². The molecular weight excluding hydrogens is 314 g/mol. The van der Waals surface area contributed by atoms with Gasteiger partial charge in [0, 0.05) is 24.5 Å². The van der Waals surface area contributed by atoms with Gasteiger partial charge in [-0.15, -0.1) is 0 Å². The smallest absolute Gasteiger partial charge is 0.242 e. The number of rotatable bonds is 4. The van der Waals surface area contributed by atoms with Crippen LogP contribution in [0.5, 0.6) is 0 Å². The Hall–Kier alpha value is -2.76. The number of amides is 2. The lowest BCUT2D eigenvalue weighted by Crippen LogP contribution is -2.41. The summed E-state index contributed by atoms with van der Waals surface area (Å²) in [5, 5.41) is 2.51. The first-order chi connectivity index (χ1) is 11.4. The number of carbonyl (C=O) groups excluding carboxylic acids is 2. The zero-order valence-corrected chi connectivity index (χ0v) is 13.1. The number of para-hydroxylation sites is 1. The first kappa shape index (κ1) is 16.1. The topological polar surface area (TPSA) is 49.4 Å². The number of nitrogens with one attached hydrogen (secondary N) is 1. The van der Waals surface area contributed by atoms with Gasteiger partial charge in [-0.3, -0.25) is 9.59 Å². The summed E-state index contributed by atoms with van der Waals surface area (Å²) in [4.78, 5) is 26.6. The molecular formula is C18H16F2N2O2. The van der Waals surface area contributed by atoms with Crippen molar-refractivity contribution in [2.45, 2.75) is 12.8 Å². The Bertz CT molecular complexity index is 789. The molecule has 24 heavy (non-hydrogen) atoms. The van der Waals surface area contributed by atoms with Crippen molar-refractivity contribution in [3.05, 3.63) is 60.2 Å². The number of hydrogen-bond donors (Lipinski definition) is 1. The van der Waals surface area contributed by atoms with Gasteiger partial charge in [0.25, 0.3) is 0 Å². The Labute approximate surface area is 138 Å². The highest BCUT2D eigenvalue weighted by Gasteiger charge is 2.57. The van der Waals surface area contributed by atoms with Gasteiger partial charge in [-0.05, 0) is 37.1 Å². The van der Waals surface area contributed by atoms with E-state index in [1.807, 2.05) is 6.07 Å². The molecule has 4 nitrogen and oxygen atoms in total. The van der Waals surface area contributed by atoms with Crippen LogP contribution in [0.3, 0.4) is 0 Å². The maximum atomic E-state index is 13.2. The predicted molar refractivity (Wildman–Crippen MR) is 86.5 cm³/mol. The van der Waals surface area contributed by atoms with E-state index in [1.54, 1.807) is 31.3 Å². The second-order valence-corrected chi connectivity index (χ2v) is 5.86. The zero-order chi connectivity index (χ0) is 17.3. The number of halogens is 2. The summed E-state index contributed by atoms with van der Waals surface area (Å²) in [6.45, 7) is 0. The molecule has 1 N–H and O–H groups in total. The molecule has 0 saturated heterocycles. The molecule has 0 aliphatic heterocycles. The van der Waals surface area contributed by atoms with Crippen LogP contribution in [0.2, 0.25) is 0 Å². The second-order valence-electron chi connectivity index (χ2n) is 5.86. The Balaban J connectivity index is 1.76. The van der Waals surface area contributed by atoms with E-state index in [1.165, 1.54) is 11.0 Å². The standard InChI is InChI=1S/C18H16F2N2O2/c1-22(13-5-3-2-4-6-13)17(24)18(9-10-18)16(23)21-12-7-8-14(19)15(20)11-12/h2-8,11H,9-10H2,1H3,(H,21,23). The highest BCUT2D eigenvalue weighted by Crippen LogP contribution is 2.48. The van der Waals surface area contributed by atoms with Crippen LogP contribution in [-0.2, 0) is 9.59 Å². The largest absolute Gasteiger partial charge is 0.325 e. The van der Waals surface area contributed by atoms with Gasteiger partial charge in [0.15, 0.2) is 11.6 Å². The SMILES string of the molecule is CN(C(=O)C1(C(=O)Nc2ccc(F)c(F)c2)CC1)c1ccccc1. The molecule has 0 bridgehead atoms. The lowest BCUT2D eigenvalue weighted by Gasteiger charge is -2.23. The van der Waals surface area contributed by atoms with E-state index in [9.17, 15) is 18.4 Å². The van der Waals surface area contributed by atoms with Crippen LogP contribution in [-0.4, -0.2) is 18.9 Å². The molecule has 2 amide bonds. The van der Waals surface area contributed by atoms with Crippen molar-refractivity contribution >= 4 is 23.2 Å². The van der Waals surface area contributed by atoms with E-state index < -0.39 is 23.0 Å². The van der Waals surface area contributed by atoms with Gasteiger partial charge in [-0.2, -0.15) is 0 Å². The molecule has 1 fully saturated rings. The number of anilines is 2. The average Bonchev–Trinajstić information content (AvgIpc) is 3.39. The van der Waals surface area contributed by atoms with Crippen molar-refractivity contribution in [3.8, 4) is 0 Å². The molecule has 1 aliphatic rings. The van der Waals surface area contributed by atoms with Crippen LogP contribution in [0, 0.1) is 17.0 Å². The molecule has 2 aromatic rings. The normalized spacial score (nSPS) is 14.8. The van der Waals surface area contributed by atoms with Crippen molar-refractivity contribution < 1.29 is 18.4 Å². The molecule has 0 radical (unpaired) electrons. The molecule has 6 heteroatoms. The summed E-state index contributed by atoms with van der Waals surface area (Å²) in [7, 11) is 1.61. The molecule has 0 atom stereocenters. The fourth-order valence-corrected chi connectivity index (χ4v) is 2.58. The first-order valence-electron chi connectivity index (χ1n) is 7.54. The molecule has 0 spiro atoms. The molecule has 2 aromatic carbocycles. The Morgan fingerprint density at radius 2 is 1.71 bits per heavy atom. The van der Waals surface area contributed by atoms with Gasteiger partial charge in [0.2, 0.25) is 11.8 Å². The molecule has 124 valence electrons. The molecule has 3 rings (SSSR count). The van der Waals surface area contributed by atoms with Crippen LogP contribution < -0.4 is 10.2 Å². The number of hydrogen-bond acceptors (Lipinski definition) is 2. The maximum Gasteiger partial charge on any atom is 0.242 e. The van der Waals surface area contributed by atoms with Gasteiger partial charge < -0.3 is 10.2 Å². The van der Waals surface area contributed by atoms with Crippen molar-refractivity contribution in [1.29, 1.82) is 0 Å². The third kappa shape index (κ3) is 2.87. The van der Waals surface area contributed by atoms with Crippen LogP contribution in [0.1, 0.15) is 12.8 Å². The van der Waals surface area contributed by atoms with Gasteiger partial charge in [0.1, 0.15) is 5.41 Å². The quantitative estimate of drug-likeness (QED) is 0.874. The Morgan fingerprint density at radius 1 is 1.04 bits per heavy atom. The Kier molecular flexibility index (Phi) is 4.05. The van der Waals surface area contributed by atoms with Crippen molar-refractivity contribution in [3.63, 3.8) is 0 Å². The number of nitrogens with zero attached hydrogens (tertiary/aromatic N) is 1. The van der Waals surface area contributed by atoms with Crippen LogP contribution in [0.4, 0.5) is 20.2 Å². The van der Waals surface area contributed by atoms with E-state index in [2.05, 4.69) is 5.32 Å². The van der Waals surface area contributed by atoms with E-state index in [0.717, 1.165) is 12.1 Å². The summed E-state index contributed by atoms with van der Waals surface area (Å²) in [5.74, 6) is -2.85.